The number of piperidine rings is 1. The Bertz CT molecular complexity index is 540. The van der Waals surface area contributed by atoms with E-state index in [9.17, 15) is 9.90 Å². The molecule has 1 aromatic rings. The smallest absolute Gasteiger partial charge is 0.410 e. The summed E-state index contributed by atoms with van der Waals surface area (Å²) in [6.45, 7) is 9.88. The molecular formula is C18H31N3O3. The first-order valence-corrected chi connectivity index (χ1v) is 8.98. The predicted octanol–water partition coefficient (Wildman–Crippen LogP) is 2.94. The number of carbonyl (C=O) groups excluding carboxylic acids is 1. The Morgan fingerprint density at radius 2 is 2.04 bits per heavy atom. The van der Waals surface area contributed by atoms with Gasteiger partial charge in [-0.15, -0.1) is 0 Å². The highest BCUT2D eigenvalue weighted by Gasteiger charge is 2.29. The van der Waals surface area contributed by atoms with E-state index in [-0.39, 0.29) is 12.7 Å². The van der Waals surface area contributed by atoms with Gasteiger partial charge >= 0.3 is 6.09 Å². The number of carbonyl (C=O) groups is 1. The van der Waals surface area contributed by atoms with Gasteiger partial charge in [0.1, 0.15) is 11.4 Å². The van der Waals surface area contributed by atoms with E-state index >= 15 is 0 Å². The SMILES string of the molecule is CCCc1cn(CCO)c(C2CCN(C(=O)OC(C)(C)C)CC2)n1. The third kappa shape index (κ3) is 4.97. The molecule has 24 heavy (non-hydrogen) atoms. The fraction of sp³-hybridized carbons (Fsp3) is 0.778. The highest BCUT2D eigenvalue weighted by atomic mass is 16.6. The minimum atomic E-state index is -0.458. The number of hydrogen-bond donors (Lipinski definition) is 1. The van der Waals surface area contributed by atoms with Gasteiger partial charge in [0, 0.05) is 31.7 Å². The third-order valence-corrected chi connectivity index (χ3v) is 4.22. The van der Waals surface area contributed by atoms with Crippen LogP contribution in [-0.2, 0) is 17.7 Å². The largest absolute Gasteiger partial charge is 0.444 e. The number of ether oxygens (including phenoxy) is 1. The minimum Gasteiger partial charge on any atom is -0.444 e. The molecule has 0 atom stereocenters. The van der Waals surface area contributed by atoms with Crippen molar-refractivity contribution in [1.29, 1.82) is 0 Å². The van der Waals surface area contributed by atoms with Crippen molar-refractivity contribution in [2.24, 2.45) is 0 Å². The zero-order chi connectivity index (χ0) is 17.7. The highest BCUT2D eigenvalue weighted by molar-refractivity contribution is 5.68. The fourth-order valence-corrected chi connectivity index (χ4v) is 3.12. The van der Waals surface area contributed by atoms with Crippen LogP contribution in [0.4, 0.5) is 4.79 Å². The monoisotopic (exact) mass is 337 g/mol. The second kappa shape index (κ2) is 8.01. The number of hydrogen-bond acceptors (Lipinski definition) is 4. The number of aliphatic hydroxyl groups is 1. The maximum atomic E-state index is 12.2. The van der Waals surface area contributed by atoms with E-state index in [1.165, 1.54) is 0 Å². The van der Waals surface area contributed by atoms with Gasteiger partial charge in [0.05, 0.1) is 12.3 Å². The van der Waals surface area contributed by atoms with Crippen molar-refractivity contribution in [2.75, 3.05) is 19.7 Å². The molecule has 0 spiro atoms. The molecule has 136 valence electrons. The van der Waals surface area contributed by atoms with Crippen LogP contribution in [0.15, 0.2) is 6.20 Å². The fourth-order valence-electron chi connectivity index (χ4n) is 3.12. The molecule has 1 N–H and O–H groups in total. The van der Waals surface area contributed by atoms with E-state index in [0.29, 0.717) is 25.6 Å². The first kappa shape index (κ1) is 18.8. The van der Waals surface area contributed by atoms with Gasteiger partial charge in [-0.1, -0.05) is 13.3 Å². The van der Waals surface area contributed by atoms with E-state index in [4.69, 9.17) is 9.72 Å². The Morgan fingerprint density at radius 3 is 2.58 bits per heavy atom. The van der Waals surface area contributed by atoms with E-state index in [2.05, 4.69) is 17.7 Å². The lowest BCUT2D eigenvalue weighted by Gasteiger charge is -2.33. The van der Waals surface area contributed by atoms with Gasteiger partial charge in [0.25, 0.3) is 0 Å². The molecule has 1 saturated heterocycles. The molecule has 0 radical (unpaired) electrons. The maximum Gasteiger partial charge on any atom is 0.410 e. The maximum absolute atomic E-state index is 12.2. The van der Waals surface area contributed by atoms with Crippen LogP contribution in [0.25, 0.3) is 0 Å². The molecule has 1 aliphatic rings. The quantitative estimate of drug-likeness (QED) is 0.897. The summed E-state index contributed by atoms with van der Waals surface area (Å²) in [5.41, 5.74) is 0.635. The summed E-state index contributed by atoms with van der Waals surface area (Å²) >= 11 is 0. The Hall–Kier alpha value is -1.56. The number of aryl methyl sites for hydroxylation is 1. The van der Waals surface area contributed by atoms with Crippen molar-refractivity contribution < 1.29 is 14.6 Å². The molecule has 1 amide bonds. The first-order chi connectivity index (χ1) is 11.3. The zero-order valence-corrected chi connectivity index (χ0v) is 15.4. The van der Waals surface area contributed by atoms with E-state index in [0.717, 1.165) is 37.2 Å². The number of imidazole rings is 1. The molecule has 1 fully saturated rings. The third-order valence-electron chi connectivity index (χ3n) is 4.22. The molecule has 2 heterocycles. The number of amides is 1. The summed E-state index contributed by atoms with van der Waals surface area (Å²) in [6, 6.07) is 0. The van der Waals surface area contributed by atoms with E-state index < -0.39 is 5.60 Å². The van der Waals surface area contributed by atoms with Crippen molar-refractivity contribution in [3.05, 3.63) is 17.7 Å². The molecule has 0 unspecified atom stereocenters. The molecule has 0 aromatic carbocycles. The lowest BCUT2D eigenvalue weighted by molar-refractivity contribution is 0.0202. The number of aliphatic hydroxyl groups excluding tert-OH is 1. The molecular weight excluding hydrogens is 306 g/mol. The number of likely N-dealkylation sites (tertiary alicyclic amines) is 1. The molecule has 0 saturated carbocycles. The standard InChI is InChI=1S/C18H31N3O3/c1-5-6-15-13-21(11-12-22)16(19-15)14-7-9-20(10-8-14)17(23)24-18(2,3)4/h13-14,22H,5-12H2,1-4H3. The summed E-state index contributed by atoms with van der Waals surface area (Å²) in [5, 5.41) is 9.29. The van der Waals surface area contributed by atoms with Crippen LogP contribution < -0.4 is 0 Å². The molecule has 1 aromatic heterocycles. The van der Waals surface area contributed by atoms with Crippen molar-refractivity contribution in [3.63, 3.8) is 0 Å². The molecule has 6 nitrogen and oxygen atoms in total. The lowest BCUT2D eigenvalue weighted by Crippen LogP contribution is -2.41. The molecule has 2 rings (SSSR count). The lowest BCUT2D eigenvalue weighted by atomic mass is 9.96. The van der Waals surface area contributed by atoms with Crippen molar-refractivity contribution >= 4 is 6.09 Å². The Kier molecular flexibility index (Phi) is 6.27. The van der Waals surface area contributed by atoms with Gasteiger partial charge in [-0.3, -0.25) is 0 Å². The normalized spacial score (nSPS) is 16.5. The Balaban J connectivity index is 2.00. The van der Waals surface area contributed by atoms with Crippen molar-refractivity contribution in [3.8, 4) is 0 Å². The van der Waals surface area contributed by atoms with Crippen molar-refractivity contribution in [1.82, 2.24) is 14.5 Å². The molecule has 0 bridgehead atoms. The van der Waals surface area contributed by atoms with Crippen LogP contribution in [-0.4, -0.2) is 50.9 Å². The van der Waals surface area contributed by atoms with Crippen LogP contribution in [0.2, 0.25) is 0 Å². The zero-order valence-electron chi connectivity index (χ0n) is 15.4. The number of rotatable bonds is 5. The van der Waals surface area contributed by atoms with Crippen LogP contribution >= 0.6 is 0 Å². The highest BCUT2D eigenvalue weighted by Crippen LogP contribution is 2.28. The van der Waals surface area contributed by atoms with Crippen LogP contribution in [0.3, 0.4) is 0 Å². The average Bonchev–Trinajstić information content (AvgIpc) is 2.89. The minimum absolute atomic E-state index is 0.117. The molecule has 1 aliphatic heterocycles. The summed E-state index contributed by atoms with van der Waals surface area (Å²) in [7, 11) is 0. The second-order valence-electron chi connectivity index (χ2n) is 7.50. The van der Waals surface area contributed by atoms with Gasteiger partial charge in [-0.25, -0.2) is 9.78 Å². The Labute approximate surface area is 144 Å². The topological polar surface area (TPSA) is 67.6 Å². The van der Waals surface area contributed by atoms with E-state index in [1.54, 1.807) is 4.90 Å². The number of nitrogens with zero attached hydrogens (tertiary/aromatic N) is 3. The van der Waals surface area contributed by atoms with Crippen LogP contribution in [0.1, 0.15) is 64.4 Å². The number of aromatic nitrogens is 2. The summed E-state index contributed by atoms with van der Waals surface area (Å²) in [6.07, 6.45) is 5.62. The van der Waals surface area contributed by atoms with Gasteiger partial charge in [-0.05, 0) is 40.0 Å². The summed E-state index contributed by atoms with van der Waals surface area (Å²) in [5.74, 6) is 1.39. The second-order valence-corrected chi connectivity index (χ2v) is 7.50. The summed E-state index contributed by atoms with van der Waals surface area (Å²) in [4.78, 5) is 18.7. The van der Waals surface area contributed by atoms with Crippen LogP contribution in [0, 0.1) is 0 Å². The predicted molar refractivity (Wildman–Crippen MR) is 93.1 cm³/mol. The Morgan fingerprint density at radius 1 is 1.38 bits per heavy atom. The van der Waals surface area contributed by atoms with Crippen molar-refractivity contribution in [2.45, 2.75) is 71.4 Å². The average molecular weight is 337 g/mol. The summed E-state index contributed by atoms with van der Waals surface area (Å²) < 4.78 is 7.53. The van der Waals surface area contributed by atoms with E-state index in [1.807, 2.05) is 20.8 Å². The van der Waals surface area contributed by atoms with Crippen LogP contribution in [0.5, 0.6) is 0 Å². The van der Waals surface area contributed by atoms with Gasteiger partial charge in [0.2, 0.25) is 0 Å². The first-order valence-electron chi connectivity index (χ1n) is 8.98. The van der Waals surface area contributed by atoms with Gasteiger partial charge in [-0.2, -0.15) is 0 Å². The molecule has 0 aliphatic carbocycles. The van der Waals surface area contributed by atoms with Gasteiger partial charge in [0.15, 0.2) is 0 Å². The van der Waals surface area contributed by atoms with Gasteiger partial charge < -0.3 is 19.3 Å². The molecule has 6 heteroatoms.